The smallest absolute Gasteiger partial charge is 0.251 e. The molecule has 2 aromatic carbocycles. The van der Waals surface area contributed by atoms with E-state index in [1.165, 1.54) is 21.3 Å². The molecular formula is C18H21NO5. The third-order valence-corrected chi connectivity index (χ3v) is 3.73. The first-order valence-corrected chi connectivity index (χ1v) is 7.36. The first kappa shape index (κ1) is 17.6. The maximum Gasteiger partial charge on any atom is 0.251 e. The van der Waals surface area contributed by atoms with E-state index in [1.807, 2.05) is 0 Å². The lowest BCUT2D eigenvalue weighted by molar-refractivity contribution is 0.0958. The van der Waals surface area contributed by atoms with Crippen molar-refractivity contribution >= 4 is 5.91 Å². The molecule has 0 spiro atoms. The summed E-state index contributed by atoms with van der Waals surface area (Å²) in [6.45, 7) is 0. The molecule has 0 aliphatic heterocycles. The maximum absolute atomic E-state index is 12.0. The standard InChI is InChI=1S/C18H21NO5/c1-19-18(21)13-8-6-5-7-12(13)16(20)11-9-14(22-2)17(24-4)15(10-11)23-3/h5-10,16,20H,1-4H3,(H,19,21). The van der Waals surface area contributed by atoms with Crippen LogP contribution in [0.4, 0.5) is 0 Å². The minimum atomic E-state index is -1.02. The Morgan fingerprint density at radius 1 is 1.04 bits per heavy atom. The number of benzene rings is 2. The van der Waals surface area contributed by atoms with Crippen LogP contribution in [0.15, 0.2) is 36.4 Å². The molecule has 0 radical (unpaired) electrons. The van der Waals surface area contributed by atoms with E-state index >= 15 is 0 Å². The third-order valence-electron chi connectivity index (χ3n) is 3.73. The average molecular weight is 331 g/mol. The number of rotatable bonds is 6. The molecule has 0 fully saturated rings. The van der Waals surface area contributed by atoms with Crippen LogP contribution in [0.3, 0.4) is 0 Å². The zero-order chi connectivity index (χ0) is 17.7. The van der Waals surface area contributed by atoms with Crippen molar-refractivity contribution in [3.63, 3.8) is 0 Å². The van der Waals surface area contributed by atoms with Crippen LogP contribution in [0.1, 0.15) is 27.6 Å². The van der Waals surface area contributed by atoms with Gasteiger partial charge in [-0.15, -0.1) is 0 Å². The van der Waals surface area contributed by atoms with Crippen LogP contribution in [0.5, 0.6) is 17.2 Å². The van der Waals surface area contributed by atoms with Crippen molar-refractivity contribution in [3.8, 4) is 17.2 Å². The number of ether oxygens (including phenoxy) is 3. The molecule has 1 amide bonds. The van der Waals surface area contributed by atoms with Crippen molar-refractivity contribution in [1.29, 1.82) is 0 Å². The number of carbonyl (C=O) groups excluding carboxylic acids is 1. The van der Waals surface area contributed by atoms with Gasteiger partial charge in [0.15, 0.2) is 11.5 Å². The minimum absolute atomic E-state index is 0.267. The zero-order valence-corrected chi connectivity index (χ0v) is 14.1. The van der Waals surface area contributed by atoms with Crippen LogP contribution in [-0.4, -0.2) is 39.4 Å². The summed E-state index contributed by atoms with van der Waals surface area (Å²) in [6.07, 6.45) is -1.02. The fourth-order valence-corrected chi connectivity index (χ4v) is 2.52. The van der Waals surface area contributed by atoms with Crippen LogP contribution in [0.2, 0.25) is 0 Å². The Hall–Kier alpha value is -2.73. The van der Waals surface area contributed by atoms with Gasteiger partial charge in [-0.1, -0.05) is 18.2 Å². The molecule has 0 heterocycles. The van der Waals surface area contributed by atoms with Crippen LogP contribution in [-0.2, 0) is 0 Å². The number of carbonyl (C=O) groups is 1. The fraction of sp³-hybridized carbons (Fsp3) is 0.278. The highest BCUT2D eigenvalue weighted by Crippen LogP contribution is 2.41. The fourth-order valence-electron chi connectivity index (χ4n) is 2.52. The van der Waals surface area contributed by atoms with Crippen LogP contribution in [0.25, 0.3) is 0 Å². The number of hydrogen-bond donors (Lipinski definition) is 2. The molecule has 24 heavy (non-hydrogen) atoms. The Bertz CT molecular complexity index is 704. The van der Waals surface area contributed by atoms with Crippen LogP contribution < -0.4 is 19.5 Å². The summed E-state index contributed by atoms with van der Waals surface area (Å²) in [5, 5.41) is 13.4. The van der Waals surface area contributed by atoms with E-state index in [9.17, 15) is 9.90 Å². The second-order valence-electron chi connectivity index (χ2n) is 5.03. The molecule has 0 aromatic heterocycles. The van der Waals surface area contributed by atoms with Gasteiger partial charge in [0.2, 0.25) is 5.75 Å². The molecule has 2 aromatic rings. The molecule has 1 unspecified atom stereocenters. The summed E-state index contributed by atoms with van der Waals surface area (Å²) in [7, 11) is 6.07. The predicted molar refractivity (Wildman–Crippen MR) is 90.0 cm³/mol. The lowest BCUT2D eigenvalue weighted by Gasteiger charge is -2.19. The monoisotopic (exact) mass is 331 g/mol. The number of methoxy groups -OCH3 is 3. The Labute approximate surface area is 141 Å². The van der Waals surface area contributed by atoms with Gasteiger partial charge in [-0.2, -0.15) is 0 Å². The van der Waals surface area contributed by atoms with Gasteiger partial charge in [0, 0.05) is 12.6 Å². The minimum Gasteiger partial charge on any atom is -0.493 e. The molecule has 0 aliphatic carbocycles. The first-order valence-electron chi connectivity index (χ1n) is 7.36. The summed E-state index contributed by atoms with van der Waals surface area (Å²) in [5.41, 5.74) is 1.42. The predicted octanol–water partition coefficient (Wildman–Crippen LogP) is 2.15. The molecule has 0 bridgehead atoms. The molecular weight excluding hydrogens is 310 g/mol. The van der Waals surface area contributed by atoms with E-state index in [-0.39, 0.29) is 5.91 Å². The van der Waals surface area contributed by atoms with Crippen molar-refractivity contribution in [1.82, 2.24) is 5.32 Å². The number of nitrogens with one attached hydrogen (secondary N) is 1. The van der Waals surface area contributed by atoms with Crippen molar-refractivity contribution in [2.24, 2.45) is 0 Å². The van der Waals surface area contributed by atoms with Gasteiger partial charge in [0.25, 0.3) is 5.91 Å². The highest BCUT2D eigenvalue weighted by atomic mass is 16.5. The Kier molecular flexibility index (Phi) is 5.65. The highest BCUT2D eigenvalue weighted by Gasteiger charge is 2.22. The molecule has 6 nitrogen and oxygen atoms in total. The molecule has 1 atom stereocenters. The number of amides is 1. The van der Waals surface area contributed by atoms with Gasteiger partial charge >= 0.3 is 0 Å². The van der Waals surface area contributed by atoms with E-state index in [2.05, 4.69) is 5.32 Å². The summed E-state index contributed by atoms with van der Waals surface area (Å²) in [4.78, 5) is 12.0. The summed E-state index contributed by atoms with van der Waals surface area (Å²) in [6, 6.07) is 10.2. The third kappa shape index (κ3) is 3.28. The van der Waals surface area contributed by atoms with Crippen molar-refractivity contribution < 1.29 is 24.1 Å². The largest absolute Gasteiger partial charge is 0.493 e. The molecule has 2 rings (SSSR count). The molecule has 6 heteroatoms. The normalized spacial score (nSPS) is 11.5. The van der Waals surface area contributed by atoms with Gasteiger partial charge in [0.1, 0.15) is 6.10 Å². The zero-order valence-electron chi connectivity index (χ0n) is 14.1. The van der Waals surface area contributed by atoms with Gasteiger partial charge in [-0.3, -0.25) is 4.79 Å². The maximum atomic E-state index is 12.0. The summed E-state index contributed by atoms with van der Waals surface area (Å²) >= 11 is 0. The number of aliphatic hydroxyl groups excluding tert-OH is 1. The van der Waals surface area contributed by atoms with E-state index in [1.54, 1.807) is 43.4 Å². The SMILES string of the molecule is CNC(=O)c1ccccc1C(O)c1cc(OC)c(OC)c(OC)c1. The highest BCUT2D eigenvalue weighted by molar-refractivity contribution is 5.95. The molecule has 0 saturated heterocycles. The topological polar surface area (TPSA) is 77.0 Å². The lowest BCUT2D eigenvalue weighted by atomic mass is 9.96. The van der Waals surface area contributed by atoms with Gasteiger partial charge in [-0.25, -0.2) is 0 Å². The average Bonchev–Trinajstić information content (AvgIpc) is 2.65. The van der Waals surface area contributed by atoms with E-state index in [4.69, 9.17) is 14.2 Å². The second kappa shape index (κ2) is 7.70. The first-order chi connectivity index (χ1) is 11.6. The van der Waals surface area contributed by atoms with Gasteiger partial charge in [-0.05, 0) is 29.3 Å². The summed E-state index contributed by atoms with van der Waals surface area (Å²) in [5.74, 6) is 1.04. The van der Waals surface area contributed by atoms with E-state index in [0.29, 0.717) is 33.9 Å². The van der Waals surface area contributed by atoms with Crippen molar-refractivity contribution in [2.75, 3.05) is 28.4 Å². The van der Waals surface area contributed by atoms with Crippen LogP contribution in [0, 0.1) is 0 Å². The Balaban J connectivity index is 2.55. The molecule has 128 valence electrons. The van der Waals surface area contributed by atoms with E-state index in [0.717, 1.165) is 0 Å². The number of aliphatic hydroxyl groups is 1. The van der Waals surface area contributed by atoms with E-state index < -0.39 is 6.10 Å². The lowest BCUT2D eigenvalue weighted by Crippen LogP contribution is -2.20. The molecule has 0 saturated carbocycles. The van der Waals surface area contributed by atoms with Crippen LogP contribution >= 0.6 is 0 Å². The quantitative estimate of drug-likeness (QED) is 0.848. The molecule has 0 aliphatic rings. The number of hydrogen-bond acceptors (Lipinski definition) is 5. The summed E-state index contributed by atoms with van der Waals surface area (Å²) < 4.78 is 15.9. The Morgan fingerprint density at radius 3 is 2.12 bits per heavy atom. The van der Waals surface area contributed by atoms with Gasteiger partial charge in [0.05, 0.1) is 21.3 Å². The Morgan fingerprint density at radius 2 is 1.62 bits per heavy atom. The molecule has 2 N–H and O–H groups in total. The van der Waals surface area contributed by atoms with Crippen molar-refractivity contribution in [2.45, 2.75) is 6.10 Å². The van der Waals surface area contributed by atoms with Crippen molar-refractivity contribution in [3.05, 3.63) is 53.1 Å². The van der Waals surface area contributed by atoms with Gasteiger partial charge < -0.3 is 24.6 Å². The second-order valence-corrected chi connectivity index (χ2v) is 5.03.